The van der Waals surface area contributed by atoms with E-state index in [-0.39, 0.29) is 0 Å². The summed E-state index contributed by atoms with van der Waals surface area (Å²) in [6, 6.07) is 10.3. The van der Waals surface area contributed by atoms with Gasteiger partial charge in [-0.1, -0.05) is 71.3 Å². The molecule has 1 aromatic rings. The van der Waals surface area contributed by atoms with Gasteiger partial charge in [0.1, 0.15) is 22.2 Å². The summed E-state index contributed by atoms with van der Waals surface area (Å²) < 4.78 is 9.26. The third-order valence-electron chi connectivity index (χ3n) is 2.85. The molecule has 0 saturated carbocycles. The van der Waals surface area contributed by atoms with E-state index in [0.29, 0.717) is 5.66 Å². The molecule has 0 aliphatic heterocycles. The van der Waals surface area contributed by atoms with E-state index in [1.54, 1.807) is 0 Å². The van der Waals surface area contributed by atoms with Crippen LogP contribution in [0.3, 0.4) is 0 Å². The minimum Gasteiger partial charge on any atom is -0.459 e. The Morgan fingerprint density at radius 1 is 0.900 bits per heavy atom. The quantitative estimate of drug-likeness (QED) is 0.486. The summed E-state index contributed by atoms with van der Waals surface area (Å²) in [5.74, 6) is 1.01. The number of hydrogen-bond donors (Lipinski definition) is 0. The van der Waals surface area contributed by atoms with Crippen LogP contribution in [0, 0.1) is 0 Å². The van der Waals surface area contributed by atoms with Crippen molar-refractivity contribution in [1.82, 2.24) is 4.00 Å². The first-order valence-electron chi connectivity index (χ1n) is 7.36. The SMILES string of the molecule is CC(C)P(Oc1ccccc1)N([Si](C)(C)C)[Si](C)(C)C. The fourth-order valence-corrected chi connectivity index (χ4v) is 18.1. The topological polar surface area (TPSA) is 12.5 Å². The van der Waals surface area contributed by atoms with Gasteiger partial charge in [0.25, 0.3) is 0 Å². The Bertz CT molecular complexity index is 398. The first kappa shape index (κ1) is 17.9. The molecule has 0 fully saturated rings. The maximum absolute atomic E-state index is 6.45. The Balaban J connectivity index is 3.10. The summed E-state index contributed by atoms with van der Waals surface area (Å²) in [5, 5.41) is 0. The Labute approximate surface area is 128 Å². The van der Waals surface area contributed by atoms with Crippen molar-refractivity contribution < 1.29 is 4.52 Å². The maximum atomic E-state index is 6.45. The van der Waals surface area contributed by atoms with Crippen molar-refractivity contribution in [2.24, 2.45) is 0 Å². The lowest BCUT2D eigenvalue weighted by Gasteiger charge is -2.48. The molecule has 0 radical (unpaired) electrons. The third kappa shape index (κ3) is 4.99. The standard InChI is InChI=1S/C15H30NOPSi2/c1-14(2)18(17-15-12-10-9-11-13-15)16(19(3,4)5)20(6,7)8/h9-14H,1-8H3. The maximum Gasteiger partial charge on any atom is 0.153 e. The van der Waals surface area contributed by atoms with Crippen LogP contribution in [-0.2, 0) is 0 Å². The molecule has 114 valence electrons. The number of benzene rings is 1. The predicted molar refractivity (Wildman–Crippen MR) is 97.7 cm³/mol. The number of hydrogen-bond acceptors (Lipinski definition) is 2. The lowest BCUT2D eigenvalue weighted by molar-refractivity contribution is 0.574. The molecule has 1 unspecified atom stereocenters. The lowest BCUT2D eigenvalue weighted by Crippen LogP contribution is -2.57. The second-order valence-electron chi connectivity index (χ2n) is 7.45. The van der Waals surface area contributed by atoms with Gasteiger partial charge in [0.15, 0.2) is 8.30 Å². The van der Waals surface area contributed by atoms with Crippen molar-refractivity contribution in [1.29, 1.82) is 0 Å². The van der Waals surface area contributed by atoms with Crippen LogP contribution in [0.15, 0.2) is 30.3 Å². The molecule has 2 nitrogen and oxygen atoms in total. The number of rotatable bonds is 6. The highest BCUT2D eigenvalue weighted by molar-refractivity contribution is 7.56. The van der Waals surface area contributed by atoms with Crippen molar-refractivity contribution in [2.45, 2.75) is 58.8 Å². The van der Waals surface area contributed by atoms with Gasteiger partial charge in [0.2, 0.25) is 0 Å². The van der Waals surface area contributed by atoms with Crippen LogP contribution in [0.2, 0.25) is 39.3 Å². The van der Waals surface area contributed by atoms with Crippen LogP contribution in [-0.4, -0.2) is 26.1 Å². The van der Waals surface area contributed by atoms with Gasteiger partial charge in [0.05, 0.1) is 0 Å². The van der Waals surface area contributed by atoms with E-state index in [1.165, 1.54) is 0 Å². The molecule has 1 aromatic carbocycles. The number of para-hydroxylation sites is 1. The fourth-order valence-electron chi connectivity index (χ4n) is 2.56. The summed E-state index contributed by atoms with van der Waals surface area (Å²) in [4.78, 5) is 0. The molecule has 0 amide bonds. The Kier molecular flexibility index (Phi) is 6.03. The summed E-state index contributed by atoms with van der Waals surface area (Å²) >= 11 is 0. The predicted octanol–water partition coefficient (Wildman–Crippen LogP) is 5.76. The molecule has 0 spiro atoms. The van der Waals surface area contributed by atoms with Gasteiger partial charge >= 0.3 is 0 Å². The van der Waals surface area contributed by atoms with Gasteiger partial charge in [-0.15, -0.1) is 0 Å². The van der Waals surface area contributed by atoms with E-state index in [9.17, 15) is 0 Å². The highest BCUT2D eigenvalue weighted by atomic mass is 31.2. The first-order chi connectivity index (χ1) is 9.03. The van der Waals surface area contributed by atoms with Crippen LogP contribution in [0.4, 0.5) is 0 Å². The molecular formula is C15H30NOPSi2. The smallest absolute Gasteiger partial charge is 0.153 e. The number of nitrogens with zero attached hydrogens (tertiary/aromatic N) is 1. The van der Waals surface area contributed by atoms with E-state index in [0.717, 1.165) is 5.75 Å². The highest BCUT2D eigenvalue weighted by Crippen LogP contribution is 2.52. The monoisotopic (exact) mass is 327 g/mol. The minimum absolute atomic E-state index is 0.545. The zero-order valence-electron chi connectivity index (χ0n) is 14.3. The van der Waals surface area contributed by atoms with Gasteiger partial charge in [-0.05, 0) is 12.1 Å². The first-order valence-corrected chi connectivity index (χ1v) is 15.5. The van der Waals surface area contributed by atoms with E-state index in [4.69, 9.17) is 4.52 Å². The molecule has 0 saturated heterocycles. The second-order valence-corrected chi connectivity index (χ2v) is 20.5. The Hall–Kier alpha value is -0.156. The zero-order chi connectivity index (χ0) is 15.6. The summed E-state index contributed by atoms with van der Waals surface area (Å²) in [5.41, 5.74) is 0.545. The van der Waals surface area contributed by atoms with Crippen LogP contribution >= 0.6 is 8.30 Å². The molecule has 0 heterocycles. The van der Waals surface area contributed by atoms with Crippen LogP contribution < -0.4 is 4.52 Å². The molecule has 0 aromatic heterocycles. The van der Waals surface area contributed by atoms with E-state index < -0.39 is 24.8 Å². The Morgan fingerprint density at radius 3 is 1.70 bits per heavy atom. The van der Waals surface area contributed by atoms with Gasteiger partial charge in [-0.25, -0.2) is 0 Å². The average Bonchev–Trinajstić information content (AvgIpc) is 2.25. The van der Waals surface area contributed by atoms with Gasteiger partial charge in [-0.3, -0.25) is 4.00 Å². The highest BCUT2D eigenvalue weighted by Gasteiger charge is 2.42. The molecule has 0 aliphatic rings. The normalized spacial score (nSPS) is 14.7. The fraction of sp³-hybridized carbons (Fsp3) is 0.600. The minimum atomic E-state index is -1.40. The summed E-state index contributed by atoms with van der Waals surface area (Å²) in [6.07, 6.45) is 0. The Morgan fingerprint density at radius 2 is 1.35 bits per heavy atom. The van der Waals surface area contributed by atoms with Crippen molar-refractivity contribution in [3.63, 3.8) is 0 Å². The van der Waals surface area contributed by atoms with E-state index >= 15 is 0 Å². The van der Waals surface area contributed by atoms with Crippen molar-refractivity contribution in [2.75, 3.05) is 0 Å². The molecule has 0 N–H and O–H groups in total. The molecule has 20 heavy (non-hydrogen) atoms. The van der Waals surface area contributed by atoms with Crippen molar-refractivity contribution in [3.8, 4) is 5.75 Å². The third-order valence-corrected chi connectivity index (χ3v) is 15.9. The van der Waals surface area contributed by atoms with Crippen LogP contribution in [0.25, 0.3) is 0 Å². The van der Waals surface area contributed by atoms with Crippen LogP contribution in [0.5, 0.6) is 5.75 Å². The van der Waals surface area contributed by atoms with Gasteiger partial charge < -0.3 is 4.52 Å². The largest absolute Gasteiger partial charge is 0.459 e. The summed E-state index contributed by atoms with van der Waals surface area (Å²) in [6.45, 7) is 19.2. The second kappa shape index (κ2) is 6.74. The molecule has 5 heteroatoms. The lowest BCUT2D eigenvalue weighted by atomic mass is 10.3. The van der Waals surface area contributed by atoms with E-state index in [1.807, 2.05) is 6.07 Å². The molecule has 0 aliphatic carbocycles. The van der Waals surface area contributed by atoms with Gasteiger partial charge in [0, 0.05) is 5.66 Å². The molecule has 1 rings (SSSR count). The average molecular weight is 328 g/mol. The van der Waals surface area contributed by atoms with Gasteiger partial charge in [-0.2, -0.15) is 0 Å². The van der Waals surface area contributed by atoms with Crippen LogP contribution in [0.1, 0.15) is 13.8 Å². The summed E-state index contributed by atoms with van der Waals surface area (Å²) in [7, 11) is -3.38. The molecular weight excluding hydrogens is 297 g/mol. The van der Waals surface area contributed by atoms with Crippen molar-refractivity contribution >= 4 is 24.8 Å². The molecule has 0 bridgehead atoms. The van der Waals surface area contributed by atoms with E-state index in [2.05, 4.69) is 81.4 Å². The zero-order valence-corrected chi connectivity index (χ0v) is 17.2. The van der Waals surface area contributed by atoms with Crippen molar-refractivity contribution in [3.05, 3.63) is 30.3 Å². The molecule has 1 atom stereocenters.